The number of rotatable bonds is 4. The fourth-order valence-corrected chi connectivity index (χ4v) is 1.46. The number of benzene rings is 1. The summed E-state index contributed by atoms with van der Waals surface area (Å²) < 4.78 is 10.2. The Bertz CT molecular complexity index is 394. The van der Waals surface area contributed by atoms with Crippen molar-refractivity contribution in [1.29, 1.82) is 0 Å². The minimum atomic E-state index is -0.325. The molecule has 1 aromatic carbocycles. The maximum atomic E-state index is 11.7. The van der Waals surface area contributed by atoms with Crippen molar-refractivity contribution in [3.05, 3.63) is 35.9 Å². The van der Waals surface area contributed by atoms with Crippen molar-refractivity contribution in [3.8, 4) is 5.75 Å². The predicted octanol–water partition coefficient (Wildman–Crippen LogP) is 2.66. The summed E-state index contributed by atoms with van der Waals surface area (Å²) in [6, 6.07) is 7.38. The molecule has 0 fully saturated rings. The molecule has 0 aromatic heterocycles. The van der Waals surface area contributed by atoms with E-state index in [0.717, 1.165) is 5.56 Å². The van der Waals surface area contributed by atoms with E-state index in [2.05, 4.69) is 0 Å². The predicted molar refractivity (Wildman–Crippen MR) is 63.3 cm³/mol. The van der Waals surface area contributed by atoms with Crippen molar-refractivity contribution in [2.45, 2.75) is 13.8 Å². The lowest BCUT2D eigenvalue weighted by Gasteiger charge is -2.10. The van der Waals surface area contributed by atoms with E-state index in [1.807, 2.05) is 24.3 Å². The second kappa shape index (κ2) is 5.95. The van der Waals surface area contributed by atoms with Crippen LogP contribution in [0, 0.1) is 0 Å². The lowest BCUT2D eigenvalue weighted by atomic mass is 10.0. The SMILES string of the molecule is C/C=C(/C(=O)OCC)c1ccccc1OC. The molecule has 0 atom stereocenters. The van der Waals surface area contributed by atoms with E-state index in [-0.39, 0.29) is 5.97 Å². The van der Waals surface area contributed by atoms with Crippen LogP contribution >= 0.6 is 0 Å². The van der Waals surface area contributed by atoms with Gasteiger partial charge >= 0.3 is 5.97 Å². The monoisotopic (exact) mass is 220 g/mol. The van der Waals surface area contributed by atoms with Crippen LogP contribution in [0.25, 0.3) is 5.57 Å². The Hall–Kier alpha value is -1.77. The second-order valence-electron chi connectivity index (χ2n) is 3.12. The summed E-state index contributed by atoms with van der Waals surface area (Å²) in [6.45, 7) is 3.96. The van der Waals surface area contributed by atoms with Crippen LogP contribution in [-0.2, 0) is 9.53 Å². The molecular weight excluding hydrogens is 204 g/mol. The first-order chi connectivity index (χ1) is 7.74. The van der Waals surface area contributed by atoms with Crippen LogP contribution in [0.15, 0.2) is 30.3 Å². The second-order valence-corrected chi connectivity index (χ2v) is 3.12. The van der Waals surface area contributed by atoms with Crippen LogP contribution < -0.4 is 4.74 Å². The van der Waals surface area contributed by atoms with Gasteiger partial charge in [0.15, 0.2) is 0 Å². The number of carbonyl (C=O) groups is 1. The van der Waals surface area contributed by atoms with Crippen LogP contribution in [0.3, 0.4) is 0 Å². The van der Waals surface area contributed by atoms with Gasteiger partial charge in [-0.1, -0.05) is 24.3 Å². The lowest BCUT2D eigenvalue weighted by Crippen LogP contribution is -2.07. The maximum absolute atomic E-state index is 11.7. The summed E-state index contributed by atoms with van der Waals surface area (Å²) in [5, 5.41) is 0. The summed E-state index contributed by atoms with van der Waals surface area (Å²) in [4.78, 5) is 11.7. The third-order valence-electron chi connectivity index (χ3n) is 2.18. The van der Waals surface area contributed by atoms with Gasteiger partial charge in [0.2, 0.25) is 0 Å². The minimum Gasteiger partial charge on any atom is -0.496 e. The summed E-state index contributed by atoms with van der Waals surface area (Å²) in [5.41, 5.74) is 1.28. The topological polar surface area (TPSA) is 35.5 Å². The van der Waals surface area contributed by atoms with Crippen LogP contribution in [0.4, 0.5) is 0 Å². The molecule has 1 rings (SSSR count). The van der Waals surface area contributed by atoms with Crippen molar-refractivity contribution in [2.75, 3.05) is 13.7 Å². The van der Waals surface area contributed by atoms with Gasteiger partial charge in [0, 0.05) is 5.56 Å². The van der Waals surface area contributed by atoms with Crippen molar-refractivity contribution in [3.63, 3.8) is 0 Å². The summed E-state index contributed by atoms with van der Waals surface area (Å²) in [5.74, 6) is 0.346. The number of methoxy groups -OCH3 is 1. The highest BCUT2D eigenvalue weighted by Crippen LogP contribution is 2.26. The van der Waals surface area contributed by atoms with Gasteiger partial charge in [0.1, 0.15) is 5.75 Å². The van der Waals surface area contributed by atoms with E-state index >= 15 is 0 Å². The molecule has 0 spiro atoms. The Kier molecular flexibility index (Phi) is 4.58. The van der Waals surface area contributed by atoms with Gasteiger partial charge in [0.25, 0.3) is 0 Å². The number of hydrogen-bond acceptors (Lipinski definition) is 3. The number of para-hydroxylation sites is 1. The van der Waals surface area contributed by atoms with E-state index < -0.39 is 0 Å². The van der Waals surface area contributed by atoms with Crippen LogP contribution in [0.5, 0.6) is 5.75 Å². The zero-order chi connectivity index (χ0) is 12.0. The van der Waals surface area contributed by atoms with Crippen molar-refractivity contribution < 1.29 is 14.3 Å². The molecule has 0 aliphatic carbocycles. The normalized spacial score (nSPS) is 11.1. The average Bonchev–Trinajstić information content (AvgIpc) is 2.31. The van der Waals surface area contributed by atoms with Crippen LogP contribution in [0.1, 0.15) is 19.4 Å². The Balaban J connectivity index is 3.09. The Morgan fingerprint density at radius 2 is 2.06 bits per heavy atom. The van der Waals surface area contributed by atoms with Gasteiger partial charge in [-0.15, -0.1) is 0 Å². The van der Waals surface area contributed by atoms with Gasteiger partial charge < -0.3 is 9.47 Å². The zero-order valence-corrected chi connectivity index (χ0v) is 9.82. The Morgan fingerprint density at radius 1 is 1.38 bits per heavy atom. The van der Waals surface area contributed by atoms with E-state index in [1.54, 1.807) is 27.0 Å². The van der Waals surface area contributed by atoms with Crippen molar-refractivity contribution in [1.82, 2.24) is 0 Å². The van der Waals surface area contributed by atoms with Crippen molar-refractivity contribution >= 4 is 11.5 Å². The van der Waals surface area contributed by atoms with Crippen LogP contribution in [-0.4, -0.2) is 19.7 Å². The first-order valence-electron chi connectivity index (χ1n) is 5.21. The molecule has 86 valence electrons. The fourth-order valence-electron chi connectivity index (χ4n) is 1.46. The Labute approximate surface area is 95.7 Å². The fraction of sp³-hybridized carbons (Fsp3) is 0.308. The van der Waals surface area contributed by atoms with E-state index in [0.29, 0.717) is 17.9 Å². The molecule has 0 amide bonds. The summed E-state index contributed by atoms with van der Waals surface area (Å²) in [7, 11) is 1.58. The molecule has 0 radical (unpaired) electrons. The highest BCUT2D eigenvalue weighted by Gasteiger charge is 2.15. The zero-order valence-electron chi connectivity index (χ0n) is 9.82. The van der Waals surface area contributed by atoms with Gasteiger partial charge in [-0.2, -0.15) is 0 Å². The van der Waals surface area contributed by atoms with E-state index in [4.69, 9.17) is 9.47 Å². The molecule has 16 heavy (non-hydrogen) atoms. The number of allylic oxidation sites excluding steroid dienone is 1. The molecule has 0 aliphatic rings. The first-order valence-corrected chi connectivity index (χ1v) is 5.21. The van der Waals surface area contributed by atoms with Gasteiger partial charge in [-0.25, -0.2) is 4.79 Å². The summed E-state index contributed by atoms with van der Waals surface area (Å²) in [6.07, 6.45) is 1.73. The van der Waals surface area contributed by atoms with Crippen LogP contribution in [0.2, 0.25) is 0 Å². The molecular formula is C13H16O3. The standard InChI is InChI=1S/C13H16O3/c1-4-10(13(14)16-5-2)11-8-6-7-9-12(11)15-3/h4,6-9H,5H2,1-3H3/b10-4+. The minimum absolute atomic E-state index is 0.325. The number of hydrogen-bond donors (Lipinski definition) is 0. The van der Waals surface area contributed by atoms with Crippen molar-refractivity contribution in [2.24, 2.45) is 0 Å². The molecule has 0 N–H and O–H groups in total. The molecule has 0 heterocycles. The highest BCUT2D eigenvalue weighted by atomic mass is 16.5. The first kappa shape index (κ1) is 12.3. The maximum Gasteiger partial charge on any atom is 0.338 e. The molecule has 0 saturated carbocycles. The molecule has 3 nitrogen and oxygen atoms in total. The quantitative estimate of drug-likeness (QED) is 0.578. The highest BCUT2D eigenvalue weighted by molar-refractivity contribution is 6.17. The number of ether oxygens (including phenoxy) is 2. The number of carbonyl (C=O) groups excluding carboxylic acids is 1. The molecule has 3 heteroatoms. The molecule has 1 aromatic rings. The molecule has 0 saturated heterocycles. The van der Waals surface area contributed by atoms with Gasteiger partial charge in [-0.05, 0) is 19.9 Å². The average molecular weight is 220 g/mol. The number of esters is 1. The third kappa shape index (κ3) is 2.63. The molecule has 0 aliphatic heterocycles. The van der Waals surface area contributed by atoms with E-state index in [1.165, 1.54) is 0 Å². The lowest BCUT2D eigenvalue weighted by molar-refractivity contribution is -0.136. The Morgan fingerprint density at radius 3 is 2.62 bits per heavy atom. The van der Waals surface area contributed by atoms with E-state index in [9.17, 15) is 4.79 Å². The van der Waals surface area contributed by atoms with Gasteiger partial charge in [-0.3, -0.25) is 0 Å². The summed E-state index contributed by atoms with van der Waals surface area (Å²) >= 11 is 0. The molecule has 0 unspecified atom stereocenters. The van der Waals surface area contributed by atoms with Gasteiger partial charge in [0.05, 0.1) is 19.3 Å². The smallest absolute Gasteiger partial charge is 0.338 e. The third-order valence-corrected chi connectivity index (χ3v) is 2.18. The largest absolute Gasteiger partial charge is 0.496 e. The molecule has 0 bridgehead atoms.